The highest BCUT2D eigenvalue weighted by molar-refractivity contribution is 9.10. The van der Waals surface area contributed by atoms with Gasteiger partial charge >= 0.3 is 0 Å². The van der Waals surface area contributed by atoms with E-state index in [-0.39, 0.29) is 12.3 Å². The molecule has 0 aliphatic carbocycles. The molecule has 0 aromatic heterocycles. The zero-order chi connectivity index (χ0) is 15.4. The SMILES string of the molecule is COc1cc(COc2cc(Br)ccc2Cl)cc([N+](=O)[O-])c1. The molecule has 0 radical (unpaired) electrons. The summed E-state index contributed by atoms with van der Waals surface area (Å²) >= 11 is 9.35. The number of nitro benzene ring substituents is 1. The summed E-state index contributed by atoms with van der Waals surface area (Å²) < 4.78 is 11.5. The summed E-state index contributed by atoms with van der Waals surface area (Å²) in [5, 5.41) is 11.3. The lowest BCUT2D eigenvalue weighted by Crippen LogP contribution is -1.99. The molecular formula is C14H11BrClNO4. The molecule has 0 saturated heterocycles. The summed E-state index contributed by atoms with van der Waals surface area (Å²) in [5.74, 6) is 0.902. The van der Waals surface area contributed by atoms with E-state index in [0.29, 0.717) is 22.1 Å². The van der Waals surface area contributed by atoms with Crippen LogP contribution in [0.25, 0.3) is 0 Å². The van der Waals surface area contributed by atoms with Crippen molar-refractivity contribution in [3.05, 3.63) is 61.6 Å². The number of nitrogens with zero attached hydrogens (tertiary/aromatic N) is 1. The smallest absolute Gasteiger partial charge is 0.273 e. The number of hydrogen-bond acceptors (Lipinski definition) is 4. The van der Waals surface area contributed by atoms with Crippen LogP contribution in [-0.4, -0.2) is 12.0 Å². The summed E-state index contributed by atoms with van der Waals surface area (Å²) in [7, 11) is 1.45. The van der Waals surface area contributed by atoms with Crippen LogP contribution in [0.4, 0.5) is 5.69 Å². The van der Waals surface area contributed by atoms with Crippen molar-refractivity contribution < 1.29 is 14.4 Å². The third kappa shape index (κ3) is 4.09. The number of ether oxygens (including phenoxy) is 2. The van der Waals surface area contributed by atoms with Gasteiger partial charge < -0.3 is 9.47 Å². The van der Waals surface area contributed by atoms with Crippen molar-refractivity contribution in [2.45, 2.75) is 6.61 Å². The predicted octanol–water partition coefficient (Wildman–Crippen LogP) is 4.60. The first-order valence-electron chi connectivity index (χ1n) is 5.90. The zero-order valence-electron chi connectivity index (χ0n) is 11.0. The van der Waals surface area contributed by atoms with Gasteiger partial charge in [-0.2, -0.15) is 0 Å². The first kappa shape index (κ1) is 15.6. The second-order valence-corrected chi connectivity index (χ2v) is 5.48. The number of methoxy groups -OCH3 is 1. The van der Waals surface area contributed by atoms with E-state index in [2.05, 4.69) is 15.9 Å². The summed E-state index contributed by atoms with van der Waals surface area (Å²) in [6.07, 6.45) is 0. The highest BCUT2D eigenvalue weighted by Crippen LogP contribution is 2.29. The number of benzene rings is 2. The number of non-ortho nitro benzene ring substituents is 1. The molecule has 5 nitrogen and oxygen atoms in total. The standard InChI is InChI=1S/C14H11BrClNO4/c1-20-12-5-9(4-11(7-12)17(18)19)8-21-14-6-10(15)2-3-13(14)16/h2-7H,8H2,1H3. The monoisotopic (exact) mass is 371 g/mol. The van der Waals surface area contributed by atoms with Gasteiger partial charge in [-0.1, -0.05) is 27.5 Å². The van der Waals surface area contributed by atoms with Gasteiger partial charge in [0.25, 0.3) is 5.69 Å². The lowest BCUT2D eigenvalue weighted by molar-refractivity contribution is -0.385. The van der Waals surface area contributed by atoms with Crippen molar-refractivity contribution in [2.24, 2.45) is 0 Å². The van der Waals surface area contributed by atoms with Crippen molar-refractivity contribution >= 4 is 33.2 Å². The van der Waals surface area contributed by atoms with Crippen LogP contribution in [0.15, 0.2) is 40.9 Å². The molecule has 0 unspecified atom stereocenters. The molecule has 0 amide bonds. The topological polar surface area (TPSA) is 61.6 Å². The molecular weight excluding hydrogens is 362 g/mol. The molecule has 0 saturated carbocycles. The zero-order valence-corrected chi connectivity index (χ0v) is 13.3. The number of rotatable bonds is 5. The van der Waals surface area contributed by atoms with Crippen molar-refractivity contribution in [2.75, 3.05) is 7.11 Å². The van der Waals surface area contributed by atoms with Crippen LogP contribution in [0.1, 0.15) is 5.56 Å². The fraction of sp³-hybridized carbons (Fsp3) is 0.143. The number of hydrogen-bond donors (Lipinski definition) is 0. The van der Waals surface area contributed by atoms with Crippen LogP contribution in [0.3, 0.4) is 0 Å². The maximum absolute atomic E-state index is 10.9. The fourth-order valence-corrected chi connectivity index (χ4v) is 2.21. The molecule has 110 valence electrons. The van der Waals surface area contributed by atoms with Gasteiger partial charge in [0.1, 0.15) is 18.1 Å². The summed E-state index contributed by atoms with van der Waals surface area (Å²) in [6, 6.07) is 9.71. The minimum Gasteiger partial charge on any atom is -0.496 e. The number of halogens is 2. The maximum Gasteiger partial charge on any atom is 0.273 e. The highest BCUT2D eigenvalue weighted by atomic mass is 79.9. The molecule has 0 heterocycles. The van der Waals surface area contributed by atoms with E-state index in [1.54, 1.807) is 24.3 Å². The quantitative estimate of drug-likeness (QED) is 0.568. The van der Waals surface area contributed by atoms with Crippen LogP contribution < -0.4 is 9.47 Å². The molecule has 0 aliphatic heterocycles. The lowest BCUT2D eigenvalue weighted by Gasteiger charge is -2.09. The van der Waals surface area contributed by atoms with E-state index < -0.39 is 4.92 Å². The van der Waals surface area contributed by atoms with Crippen molar-refractivity contribution in [3.8, 4) is 11.5 Å². The van der Waals surface area contributed by atoms with Gasteiger partial charge in [-0.25, -0.2) is 0 Å². The van der Waals surface area contributed by atoms with E-state index in [4.69, 9.17) is 21.1 Å². The average molecular weight is 373 g/mol. The van der Waals surface area contributed by atoms with Crippen molar-refractivity contribution in [1.82, 2.24) is 0 Å². The van der Waals surface area contributed by atoms with Crippen LogP contribution in [0.2, 0.25) is 5.02 Å². The maximum atomic E-state index is 10.9. The van der Waals surface area contributed by atoms with E-state index in [1.165, 1.54) is 19.2 Å². The second kappa shape index (κ2) is 6.78. The Labute approximate surface area is 134 Å². The second-order valence-electron chi connectivity index (χ2n) is 4.16. The molecule has 7 heteroatoms. The van der Waals surface area contributed by atoms with Crippen LogP contribution in [0, 0.1) is 10.1 Å². The summed E-state index contributed by atoms with van der Waals surface area (Å²) in [4.78, 5) is 10.4. The molecule has 0 atom stereocenters. The van der Waals surface area contributed by atoms with Gasteiger partial charge in [-0.05, 0) is 29.8 Å². The summed E-state index contributed by atoms with van der Waals surface area (Å²) in [6.45, 7) is 0.147. The van der Waals surface area contributed by atoms with E-state index in [9.17, 15) is 10.1 Å². The minimum atomic E-state index is -0.474. The van der Waals surface area contributed by atoms with Gasteiger partial charge in [0.15, 0.2) is 0 Å². The van der Waals surface area contributed by atoms with Crippen LogP contribution in [0.5, 0.6) is 11.5 Å². The van der Waals surface area contributed by atoms with Crippen LogP contribution in [-0.2, 0) is 6.61 Å². The normalized spacial score (nSPS) is 10.2. The fourth-order valence-electron chi connectivity index (χ4n) is 1.70. The van der Waals surface area contributed by atoms with Gasteiger partial charge in [-0.15, -0.1) is 0 Å². The minimum absolute atomic E-state index is 0.0479. The van der Waals surface area contributed by atoms with Gasteiger partial charge in [0, 0.05) is 10.5 Å². The Balaban J connectivity index is 2.21. The highest BCUT2D eigenvalue weighted by Gasteiger charge is 2.11. The Morgan fingerprint density at radius 3 is 2.71 bits per heavy atom. The lowest BCUT2D eigenvalue weighted by atomic mass is 10.2. The third-order valence-corrected chi connectivity index (χ3v) is 3.49. The van der Waals surface area contributed by atoms with E-state index in [0.717, 1.165) is 4.47 Å². The Morgan fingerprint density at radius 1 is 1.29 bits per heavy atom. The van der Waals surface area contributed by atoms with Crippen molar-refractivity contribution in [3.63, 3.8) is 0 Å². The first-order chi connectivity index (χ1) is 9.99. The largest absolute Gasteiger partial charge is 0.496 e. The Kier molecular flexibility index (Phi) is 5.03. The average Bonchev–Trinajstić information content (AvgIpc) is 2.47. The molecule has 2 rings (SSSR count). The van der Waals surface area contributed by atoms with Crippen molar-refractivity contribution in [1.29, 1.82) is 0 Å². The number of nitro groups is 1. The molecule has 0 spiro atoms. The van der Waals surface area contributed by atoms with Gasteiger partial charge in [-0.3, -0.25) is 10.1 Å². The van der Waals surface area contributed by atoms with Gasteiger partial charge in [0.05, 0.1) is 23.1 Å². The van der Waals surface area contributed by atoms with E-state index >= 15 is 0 Å². The molecule has 2 aromatic rings. The van der Waals surface area contributed by atoms with Gasteiger partial charge in [0.2, 0.25) is 0 Å². The molecule has 0 N–H and O–H groups in total. The molecule has 0 bridgehead atoms. The molecule has 2 aromatic carbocycles. The summed E-state index contributed by atoms with van der Waals surface area (Å²) in [5.41, 5.74) is 0.574. The molecule has 0 aliphatic rings. The first-order valence-corrected chi connectivity index (χ1v) is 7.07. The predicted molar refractivity (Wildman–Crippen MR) is 83.1 cm³/mol. The Bertz CT molecular complexity index is 678. The van der Waals surface area contributed by atoms with E-state index in [1.807, 2.05) is 0 Å². The molecule has 21 heavy (non-hydrogen) atoms. The molecule has 0 fully saturated rings. The Hall–Kier alpha value is -1.79. The Morgan fingerprint density at radius 2 is 2.05 bits per heavy atom. The third-order valence-electron chi connectivity index (χ3n) is 2.69. The van der Waals surface area contributed by atoms with Crippen LogP contribution >= 0.6 is 27.5 Å².